The molecule has 8 heteroatoms. The van der Waals surface area contributed by atoms with Gasteiger partial charge in [-0.3, -0.25) is 19.3 Å². The molecule has 2 aromatic carbocycles. The Morgan fingerprint density at radius 2 is 1.87 bits per heavy atom. The minimum Gasteiger partial charge on any atom is -0.449 e. The maximum atomic E-state index is 13.6. The summed E-state index contributed by atoms with van der Waals surface area (Å²) in [4.78, 5) is 50.3. The highest BCUT2D eigenvalue weighted by molar-refractivity contribution is 6.22. The molecule has 30 heavy (non-hydrogen) atoms. The van der Waals surface area contributed by atoms with E-state index in [4.69, 9.17) is 4.74 Å². The molecule has 0 bridgehead atoms. The van der Waals surface area contributed by atoms with Gasteiger partial charge >= 0.3 is 5.97 Å². The first-order valence-electron chi connectivity index (χ1n) is 9.12. The quantitative estimate of drug-likeness (QED) is 0.449. The Balaban J connectivity index is 1.70. The topological polar surface area (TPSA) is 92.8 Å². The van der Waals surface area contributed by atoms with Crippen LogP contribution in [0, 0.1) is 12.7 Å². The van der Waals surface area contributed by atoms with Crippen LogP contribution in [0.5, 0.6) is 0 Å². The van der Waals surface area contributed by atoms with Crippen LogP contribution in [0.4, 0.5) is 10.1 Å². The summed E-state index contributed by atoms with van der Waals surface area (Å²) < 4.78 is 18.8. The van der Waals surface area contributed by atoms with Crippen molar-refractivity contribution in [3.8, 4) is 0 Å². The van der Waals surface area contributed by atoms with Crippen LogP contribution in [0.2, 0.25) is 0 Å². The van der Waals surface area contributed by atoms with Gasteiger partial charge in [0.25, 0.3) is 17.7 Å². The minimum absolute atomic E-state index is 0.0244. The van der Waals surface area contributed by atoms with Crippen LogP contribution in [-0.4, -0.2) is 41.2 Å². The number of benzene rings is 2. The Hall–Kier alpha value is -3.81. The highest BCUT2D eigenvalue weighted by atomic mass is 19.1. The highest BCUT2D eigenvalue weighted by Crippen LogP contribution is 2.24. The molecule has 0 aromatic heterocycles. The standard InChI is InChI=1S/C22H19FN2O5/c1-4-9-25-20(27)16-8-6-14(10-17(16)21(25)28)22(29)30-13(3)19(26)24-15-7-5-12(2)18(23)11-15/h4-8,10-11,13H,1,9H2,2-3H3,(H,24,26)/t13-/m1/s1. The minimum atomic E-state index is -1.18. The van der Waals surface area contributed by atoms with Gasteiger partial charge in [-0.25, -0.2) is 9.18 Å². The molecule has 1 aliphatic heterocycles. The number of nitrogens with one attached hydrogen (secondary N) is 1. The van der Waals surface area contributed by atoms with Crippen LogP contribution in [0.15, 0.2) is 49.1 Å². The van der Waals surface area contributed by atoms with Crippen LogP contribution in [0.3, 0.4) is 0 Å². The van der Waals surface area contributed by atoms with Gasteiger partial charge in [-0.15, -0.1) is 6.58 Å². The van der Waals surface area contributed by atoms with E-state index in [1.807, 2.05) is 0 Å². The summed E-state index contributed by atoms with van der Waals surface area (Å²) in [5.74, 6) is -2.95. The lowest BCUT2D eigenvalue weighted by molar-refractivity contribution is -0.123. The first-order valence-corrected chi connectivity index (χ1v) is 9.12. The maximum Gasteiger partial charge on any atom is 0.338 e. The predicted molar refractivity (Wildman–Crippen MR) is 107 cm³/mol. The van der Waals surface area contributed by atoms with E-state index in [-0.39, 0.29) is 28.9 Å². The second kappa shape index (κ2) is 8.28. The SMILES string of the molecule is C=CCN1C(=O)c2ccc(C(=O)O[C@H](C)C(=O)Nc3ccc(C)c(F)c3)cc2C1=O. The zero-order valence-electron chi connectivity index (χ0n) is 16.4. The number of amides is 3. The number of fused-ring (bicyclic) bond motifs is 1. The molecule has 0 radical (unpaired) electrons. The van der Waals surface area contributed by atoms with E-state index in [1.54, 1.807) is 6.92 Å². The second-order valence-electron chi connectivity index (χ2n) is 6.77. The lowest BCUT2D eigenvalue weighted by atomic mass is 10.1. The average molecular weight is 410 g/mol. The molecule has 154 valence electrons. The zero-order chi connectivity index (χ0) is 22.0. The van der Waals surface area contributed by atoms with E-state index in [0.29, 0.717) is 5.56 Å². The Labute approximate surface area is 172 Å². The maximum absolute atomic E-state index is 13.6. The van der Waals surface area contributed by atoms with Crippen molar-refractivity contribution >= 4 is 29.4 Å². The normalized spacial score (nSPS) is 13.6. The Morgan fingerprint density at radius 1 is 1.17 bits per heavy atom. The van der Waals surface area contributed by atoms with Crippen LogP contribution in [0.1, 0.15) is 43.6 Å². The number of esters is 1. The fraction of sp³-hybridized carbons (Fsp3) is 0.182. The Kier molecular flexibility index (Phi) is 5.77. The van der Waals surface area contributed by atoms with Gasteiger partial charge in [-0.2, -0.15) is 0 Å². The van der Waals surface area contributed by atoms with Gasteiger partial charge in [0.05, 0.1) is 16.7 Å². The van der Waals surface area contributed by atoms with Crippen molar-refractivity contribution < 1.29 is 28.3 Å². The smallest absolute Gasteiger partial charge is 0.338 e. The number of carbonyl (C=O) groups excluding carboxylic acids is 4. The molecule has 1 aliphatic rings. The largest absolute Gasteiger partial charge is 0.449 e. The fourth-order valence-corrected chi connectivity index (χ4v) is 2.91. The fourth-order valence-electron chi connectivity index (χ4n) is 2.91. The average Bonchev–Trinajstić information content (AvgIpc) is 2.95. The summed E-state index contributed by atoms with van der Waals surface area (Å²) >= 11 is 0. The van der Waals surface area contributed by atoms with Gasteiger partial charge in [0.15, 0.2) is 6.10 Å². The van der Waals surface area contributed by atoms with E-state index in [9.17, 15) is 23.6 Å². The number of carbonyl (C=O) groups is 4. The van der Waals surface area contributed by atoms with Crippen LogP contribution >= 0.6 is 0 Å². The number of hydrogen-bond acceptors (Lipinski definition) is 5. The van der Waals surface area contributed by atoms with Crippen LogP contribution in [0.25, 0.3) is 0 Å². The van der Waals surface area contributed by atoms with Gasteiger partial charge in [0.1, 0.15) is 5.82 Å². The molecule has 0 spiro atoms. The van der Waals surface area contributed by atoms with Gasteiger partial charge in [-0.1, -0.05) is 12.1 Å². The summed E-state index contributed by atoms with van der Waals surface area (Å²) in [6.07, 6.45) is 0.251. The molecule has 0 saturated carbocycles. The Bertz CT molecular complexity index is 1080. The van der Waals surface area contributed by atoms with E-state index in [0.717, 1.165) is 4.90 Å². The molecule has 1 atom stereocenters. The molecular weight excluding hydrogens is 391 g/mol. The number of rotatable bonds is 6. The van der Waals surface area contributed by atoms with E-state index >= 15 is 0 Å². The number of anilines is 1. The third-order valence-electron chi connectivity index (χ3n) is 4.61. The number of nitrogens with zero attached hydrogens (tertiary/aromatic N) is 1. The molecule has 2 aromatic rings. The van der Waals surface area contributed by atoms with Gasteiger partial charge in [0.2, 0.25) is 0 Å². The molecule has 0 saturated heterocycles. The molecule has 0 fully saturated rings. The van der Waals surface area contributed by atoms with Crippen molar-refractivity contribution in [2.45, 2.75) is 20.0 Å². The van der Waals surface area contributed by atoms with Crippen molar-refractivity contribution in [2.75, 3.05) is 11.9 Å². The summed E-state index contributed by atoms with van der Waals surface area (Å²) in [5.41, 5.74) is 0.962. The molecule has 1 N–H and O–H groups in total. The van der Waals surface area contributed by atoms with Crippen molar-refractivity contribution in [3.63, 3.8) is 0 Å². The number of imide groups is 1. The number of hydrogen-bond donors (Lipinski definition) is 1. The van der Waals surface area contributed by atoms with Crippen LogP contribution in [-0.2, 0) is 9.53 Å². The Morgan fingerprint density at radius 3 is 2.53 bits per heavy atom. The highest BCUT2D eigenvalue weighted by Gasteiger charge is 2.35. The van der Waals surface area contributed by atoms with E-state index < -0.39 is 35.6 Å². The second-order valence-corrected chi connectivity index (χ2v) is 6.77. The number of halogens is 1. The lowest BCUT2D eigenvalue weighted by Gasteiger charge is -2.14. The summed E-state index contributed by atoms with van der Waals surface area (Å²) in [6, 6.07) is 8.20. The molecule has 3 rings (SSSR count). The van der Waals surface area contributed by atoms with Gasteiger partial charge in [-0.05, 0) is 49.7 Å². The predicted octanol–water partition coefficient (Wildman–Crippen LogP) is 3.10. The molecule has 7 nitrogen and oxygen atoms in total. The third-order valence-corrected chi connectivity index (χ3v) is 4.61. The van der Waals surface area contributed by atoms with E-state index in [2.05, 4.69) is 11.9 Å². The van der Waals surface area contributed by atoms with Gasteiger partial charge < -0.3 is 10.1 Å². The third kappa shape index (κ3) is 3.98. The lowest BCUT2D eigenvalue weighted by Crippen LogP contribution is -2.30. The first kappa shape index (κ1) is 20.9. The first-order chi connectivity index (χ1) is 14.2. The van der Waals surface area contributed by atoms with Crippen molar-refractivity contribution in [1.29, 1.82) is 0 Å². The van der Waals surface area contributed by atoms with Crippen molar-refractivity contribution in [2.24, 2.45) is 0 Å². The summed E-state index contributed by atoms with van der Waals surface area (Å²) in [6.45, 7) is 6.53. The van der Waals surface area contributed by atoms with Crippen molar-refractivity contribution in [3.05, 3.63) is 77.1 Å². The summed E-state index contributed by atoms with van der Waals surface area (Å²) in [7, 11) is 0. The summed E-state index contributed by atoms with van der Waals surface area (Å²) in [5, 5.41) is 2.47. The molecule has 3 amide bonds. The molecule has 1 heterocycles. The van der Waals surface area contributed by atoms with Crippen LogP contribution < -0.4 is 5.32 Å². The van der Waals surface area contributed by atoms with Gasteiger partial charge in [0, 0.05) is 12.2 Å². The monoisotopic (exact) mass is 410 g/mol. The number of ether oxygens (including phenoxy) is 1. The van der Waals surface area contributed by atoms with E-state index in [1.165, 1.54) is 49.4 Å². The molecular formula is C22H19FN2O5. The van der Waals surface area contributed by atoms with Crippen molar-refractivity contribution in [1.82, 2.24) is 4.90 Å². The zero-order valence-corrected chi connectivity index (χ0v) is 16.4. The molecule has 0 unspecified atom stereocenters. The number of aryl methyl sites for hydroxylation is 1. The molecule has 0 aliphatic carbocycles.